The van der Waals surface area contributed by atoms with Gasteiger partial charge in [0.25, 0.3) is 0 Å². The van der Waals surface area contributed by atoms with E-state index in [4.69, 9.17) is 9.73 Å². The summed E-state index contributed by atoms with van der Waals surface area (Å²) in [6.07, 6.45) is 2.13. The Kier molecular flexibility index (Phi) is 6.22. The maximum absolute atomic E-state index is 13.8. The number of nitrogens with one attached hydrogen (secondary N) is 2. The quantitative estimate of drug-likeness (QED) is 0.673. The molecule has 0 radical (unpaired) electrons. The number of hydrogen-bond donors (Lipinski definition) is 2. The average molecular weight is 458 g/mol. The highest BCUT2D eigenvalue weighted by atomic mass is 32.1. The van der Waals surface area contributed by atoms with Crippen molar-refractivity contribution in [3.63, 3.8) is 0 Å². The lowest BCUT2D eigenvalue weighted by molar-refractivity contribution is -0.139. The van der Waals surface area contributed by atoms with E-state index in [0.717, 1.165) is 11.3 Å². The summed E-state index contributed by atoms with van der Waals surface area (Å²) in [7, 11) is 1.55. The lowest BCUT2D eigenvalue weighted by Crippen LogP contribution is -2.43. The molecule has 10 heteroatoms. The molecule has 2 N–H and O–H groups in total. The Morgan fingerprint density at radius 3 is 2.84 bits per heavy atom. The Hall–Kier alpha value is -3.27. The third kappa shape index (κ3) is 4.10. The lowest BCUT2D eigenvalue weighted by atomic mass is 9.91. The van der Waals surface area contributed by atoms with Crippen LogP contribution < -0.4 is 10.6 Å². The van der Waals surface area contributed by atoms with Gasteiger partial charge in [-0.05, 0) is 37.1 Å². The van der Waals surface area contributed by atoms with Crippen LogP contribution >= 0.6 is 11.3 Å². The second kappa shape index (κ2) is 9.07. The van der Waals surface area contributed by atoms with Crippen molar-refractivity contribution >= 4 is 29.2 Å². The van der Waals surface area contributed by atoms with Gasteiger partial charge >= 0.3 is 12.0 Å². The Bertz CT molecular complexity index is 1100. The number of carbonyl (C=O) groups is 2. The molecule has 1 saturated heterocycles. The topological polar surface area (TPSA) is 95.9 Å². The molecule has 8 nitrogen and oxygen atoms in total. The van der Waals surface area contributed by atoms with Crippen LogP contribution in [-0.2, 0) is 9.53 Å². The molecule has 2 aliphatic rings. The zero-order valence-electron chi connectivity index (χ0n) is 18.0. The van der Waals surface area contributed by atoms with Crippen LogP contribution in [0, 0.1) is 12.7 Å². The third-order valence-corrected chi connectivity index (χ3v) is 6.24. The zero-order valence-corrected chi connectivity index (χ0v) is 18.8. The van der Waals surface area contributed by atoms with E-state index >= 15 is 0 Å². The number of ether oxygens (including phenoxy) is 1. The molecule has 3 heterocycles. The molecular formula is C22H24FN5O3S. The summed E-state index contributed by atoms with van der Waals surface area (Å²) in [5, 5.41) is 8.04. The van der Waals surface area contributed by atoms with Gasteiger partial charge in [-0.15, -0.1) is 11.3 Å². The molecule has 0 bridgehead atoms. The van der Waals surface area contributed by atoms with Crippen molar-refractivity contribution in [2.45, 2.75) is 32.4 Å². The summed E-state index contributed by atoms with van der Waals surface area (Å²) < 4.78 is 19.2. The maximum atomic E-state index is 13.8. The number of aryl methyl sites for hydroxylation is 1. The molecule has 2 atom stereocenters. The molecule has 32 heavy (non-hydrogen) atoms. The zero-order chi connectivity index (χ0) is 22.8. The minimum Gasteiger partial charge on any atom is -0.463 e. The van der Waals surface area contributed by atoms with Crippen LogP contribution in [0.15, 0.2) is 46.0 Å². The molecule has 1 aromatic heterocycles. The fourth-order valence-corrected chi connectivity index (χ4v) is 4.73. The summed E-state index contributed by atoms with van der Waals surface area (Å²) >= 11 is 1.44. The van der Waals surface area contributed by atoms with Crippen LogP contribution in [0.1, 0.15) is 35.5 Å². The summed E-state index contributed by atoms with van der Waals surface area (Å²) in [4.78, 5) is 36.3. The van der Waals surface area contributed by atoms with Gasteiger partial charge in [0.2, 0.25) is 0 Å². The van der Waals surface area contributed by atoms with Gasteiger partial charge < -0.3 is 20.3 Å². The highest BCUT2D eigenvalue weighted by Crippen LogP contribution is 2.41. The first kappa shape index (κ1) is 21.9. The van der Waals surface area contributed by atoms with Crippen LogP contribution in [0.5, 0.6) is 0 Å². The van der Waals surface area contributed by atoms with Gasteiger partial charge in [0.05, 0.1) is 18.2 Å². The minimum atomic E-state index is -0.668. The highest BCUT2D eigenvalue weighted by Gasteiger charge is 2.42. The number of amidine groups is 1. The van der Waals surface area contributed by atoms with Crippen LogP contribution in [0.3, 0.4) is 0 Å². The number of thiazole rings is 1. The fraction of sp³-hybridized carbons (Fsp3) is 0.364. The molecule has 1 fully saturated rings. The van der Waals surface area contributed by atoms with E-state index in [-0.39, 0.29) is 24.5 Å². The summed E-state index contributed by atoms with van der Waals surface area (Å²) in [5.41, 5.74) is 2.55. The normalized spacial score (nSPS) is 20.0. The van der Waals surface area contributed by atoms with E-state index in [9.17, 15) is 14.0 Å². The van der Waals surface area contributed by atoms with E-state index < -0.39 is 12.0 Å². The van der Waals surface area contributed by atoms with Crippen LogP contribution in [0.2, 0.25) is 0 Å². The van der Waals surface area contributed by atoms with Crippen molar-refractivity contribution in [1.29, 1.82) is 0 Å². The van der Waals surface area contributed by atoms with Gasteiger partial charge in [0, 0.05) is 37.3 Å². The molecule has 2 aromatic rings. The summed E-state index contributed by atoms with van der Waals surface area (Å²) in [6.45, 7) is 4.20. The van der Waals surface area contributed by atoms with Crippen molar-refractivity contribution in [3.8, 4) is 0 Å². The van der Waals surface area contributed by atoms with E-state index in [1.807, 2.05) is 10.3 Å². The standard InChI is InChI=1S/C22H24FN5O3S/c1-4-31-21(29)17-16-10-14(26-22(30)24-3)11-28(16)19(20-25-7-8-32-20)27-18(17)15-6-5-13(23)9-12(15)2/h5-9,14,18H,4,10-11H2,1-3H3,(H2,24,26,30)/t14?,18-/m0/s1. The molecule has 0 spiro atoms. The molecule has 0 aliphatic carbocycles. The lowest BCUT2D eigenvalue weighted by Gasteiger charge is -2.32. The third-order valence-electron chi connectivity index (χ3n) is 5.47. The minimum absolute atomic E-state index is 0.216. The van der Waals surface area contributed by atoms with Crippen molar-refractivity contribution in [2.24, 2.45) is 4.99 Å². The van der Waals surface area contributed by atoms with Crippen LogP contribution in [-0.4, -0.2) is 54.0 Å². The number of esters is 1. The first-order valence-corrected chi connectivity index (χ1v) is 11.2. The molecule has 2 amide bonds. The fourth-order valence-electron chi connectivity index (χ4n) is 4.09. The molecule has 4 rings (SSSR count). The molecule has 0 saturated carbocycles. The Labute approximate surface area is 189 Å². The van der Waals surface area contributed by atoms with Crippen molar-refractivity contribution < 1.29 is 18.7 Å². The van der Waals surface area contributed by atoms with Crippen molar-refractivity contribution in [2.75, 3.05) is 20.2 Å². The van der Waals surface area contributed by atoms with Gasteiger partial charge in [0.15, 0.2) is 10.8 Å². The monoisotopic (exact) mass is 457 g/mol. The maximum Gasteiger partial charge on any atom is 0.338 e. The number of benzene rings is 1. The Morgan fingerprint density at radius 1 is 1.38 bits per heavy atom. The number of nitrogens with zero attached hydrogens (tertiary/aromatic N) is 3. The summed E-state index contributed by atoms with van der Waals surface area (Å²) in [6, 6.07) is 3.25. The molecule has 1 unspecified atom stereocenters. The number of hydrogen-bond acceptors (Lipinski definition) is 7. The van der Waals surface area contributed by atoms with Gasteiger partial charge in [-0.1, -0.05) is 6.07 Å². The first-order valence-electron chi connectivity index (χ1n) is 10.3. The summed E-state index contributed by atoms with van der Waals surface area (Å²) in [5.74, 6) is -0.199. The molecular weight excluding hydrogens is 433 g/mol. The predicted molar refractivity (Wildman–Crippen MR) is 119 cm³/mol. The van der Waals surface area contributed by atoms with Crippen molar-refractivity contribution in [1.82, 2.24) is 20.5 Å². The molecule has 2 aliphatic heterocycles. The largest absolute Gasteiger partial charge is 0.463 e. The second-order valence-corrected chi connectivity index (χ2v) is 8.40. The van der Waals surface area contributed by atoms with Crippen LogP contribution in [0.4, 0.5) is 9.18 Å². The number of rotatable bonds is 5. The van der Waals surface area contributed by atoms with Gasteiger partial charge in [0.1, 0.15) is 11.9 Å². The molecule has 168 valence electrons. The number of halogens is 1. The average Bonchev–Trinajstić information content (AvgIpc) is 3.42. The van der Waals surface area contributed by atoms with Gasteiger partial charge in [-0.3, -0.25) is 4.99 Å². The highest BCUT2D eigenvalue weighted by molar-refractivity contribution is 7.11. The SMILES string of the molecule is CCOC(=O)C1=C2CC(NC(=O)NC)CN2C(c2nccs2)=N[C@H]1c1ccc(F)cc1C. The number of aliphatic imine (C=N–C) groups is 1. The van der Waals surface area contributed by atoms with E-state index in [1.165, 1.54) is 23.5 Å². The van der Waals surface area contributed by atoms with Crippen molar-refractivity contribution in [3.05, 3.63) is 63.0 Å². The van der Waals surface area contributed by atoms with Crippen LogP contribution in [0.25, 0.3) is 0 Å². The number of urea groups is 1. The molecule has 1 aromatic carbocycles. The van der Waals surface area contributed by atoms with E-state index in [1.54, 1.807) is 33.2 Å². The smallest absolute Gasteiger partial charge is 0.338 e. The van der Waals surface area contributed by atoms with E-state index in [0.29, 0.717) is 34.9 Å². The number of carbonyl (C=O) groups excluding carboxylic acids is 2. The second-order valence-electron chi connectivity index (χ2n) is 7.51. The Balaban J connectivity index is 1.86. The van der Waals surface area contributed by atoms with E-state index in [2.05, 4.69) is 15.6 Å². The number of fused-ring (bicyclic) bond motifs is 1. The number of amides is 2. The predicted octanol–water partition coefficient (Wildman–Crippen LogP) is 2.91. The first-order chi connectivity index (χ1) is 15.4. The van der Waals surface area contributed by atoms with Gasteiger partial charge in [-0.25, -0.2) is 19.0 Å². The van der Waals surface area contributed by atoms with Gasteiger partial charge in [-0.2, -0.15) is 0 Å². The number of aromatic nitrogens is 1. The Morgan fingerprint density at radius 2 is 2.19 bits per heavy atom.